The van der Waals surface area contributed by atoms with Crippen LogP contribution in [-0.4, -0.2) is 17.6 Å². The molecule has 14 heavy (non-hydrogen) atoms. The van der Waals surface area contributed by atoms with Crippen LogP contribution in [-0.2, 0) is 0 Å². The third kappa shape index (κ3) is 1.26. The monoisotopic (exact) mass is 206 g/mol. The van der Waals surface area contributed by atoms with Crippen molar-refractivity contribution in [2.45, 2.75) is 12.5 Å². The van der Waals surface area contributed by atoms with E-state index in [-0.39, 0.29) is 0 Å². The lowest BCUT2D eigenvalue weighted by Gasteiger charge is -2.31. The highest BCUT2D eigenvalue weighted by Gasteiger charge is 2.34. The van der Waals surface area contributed by atoms with Crippen LogP contribution in [0.3, 0.4) is 0 Å². The van der Waals surface area contributed by atoms with E-state index in [0.717, 1.165) is 12.5 Å². The molecular formula is C11H11ClN2. The summed E-state index contributed by atoms with van der Waals surface area (Å²) in [6.07, 6.45) is 5.36. The minimum Gasteiger partial charge on any atom is -0.310 e. The molecule has 1 saturated heterocycles. The molecule has 3 rings (SSSR count). The van der Waals surface area contributed by atoms with Crippen LogP contribution < -0.4 is 5.32 Å². The van der Waals surface area contributed by atoms with Crippen LogP contribution in [0.1, 0.15) is 12.0 Å². The van der Waals surface area contributed by atoms with Crippen LogP contribution in [0, 0.1) is 5.92 Å². The number of nitrogens with zero attached hydrogens (tertiary/aromatic N) is 1. The maximum atomic E-state index is 5.75. The van der Waals surface area contributed by atoms with E-state index in [1.807, 2.05) is 18.3 Å². The number of hydrogen-bond donors (Lipinski definition) is 1. The van der Waals surface area contributed by atoms with Gasteiger partial charge in [-0.15, -0.1) is 0 Å². The van der Waals surface area contributed by atoms with E-state index in [4.69, 9.17) is 11.6 Å². The fourth-order valence-corrected chi connectivity index (χ4v) is 2.27. The van der Waals surface area contributed by atoms with E-state index in [2.05, 4.69) is 16.4 Å². The maximum Gasteiger partial charge on any atom is 0.129 e. The van der Waals surface area contributed by atoms with E-state index in [9.17, 15) is 0 Å². The molecule has 0 saturated carbocycles. The predicted octanol–water partition coefficient (Wildman–Crippen LogP) is 2.11. The highest BCUT2D eigenvalue weighted by Crippen LogP contribution is 2.36. The highest BCUT2D eigenvalue weighted by atomic mass is 35.5. The Morgan fingerprint density at radius 1 is 1.43 bits per heavy atom. The molecule has 1 aliphatic heterocycles. The number of pyridine rings is 1. The van der Waals surface area contributed by atoms with Gasteiger partial charge in [0, 0.05) is 18.8 Å². The van der Waals surface area contributed by atoms with Crippen LogP contribution in [0.4, 0.5) is 0 Å². The van der Waals surface area contributed by atoms with Gasteiger partial charge in [0.25, 0.3) is 0 Å². The Bertz CT molecular complexity index is 383. The number of rotatable bonds is 1. The Balaban J connectivity index is 1.89. The topological polar surface area (TPSA) is 24.9 Å². The average Bonchev–Trinajstić information content (AvgIpc) is 2.45. The second-order valence-corrected chi connectivity index (χ2v) is 4.35. The van der Waals surface area contributed by atoms with Gasteiger partial charge in [-0.1, -0.05) is 23.7 Å². The van der Waals surface area contributed by atoms with Crippen molar-refractivity contribution in [2.75, 3.05) is 6.54 Å². The fourth-order valence-electron chi connectivity index (χ4n) is 2.16. The number of nitrogens with one attached hydrogen (secondary N) is 1. The first-order valence-corrected chi connectivity index (χ1v) is 5.27. The summed E-state index contributed by atoms with van der Waals surface area (Å²) < 4.78 is 0. The largest absolute Gasteiger partial charge is 0.310 e. The van der Waals surface area contributed by atoms with Gasteiger partial charge in [-0.05, 0) is 29.5 Å². The normalized spacial score (nSPS) is 29.4. The predicted molar refractivity (Wildman–Crippen MR) is 57.1 cm³/mol. The fraction of sp³-hybridized carbons (Fsp3) is 0.364. The number of halogens is 1. The van der Waals surface area contributed by atoms with E-state index in [0.29, 0.717) is 11.2 Å². The van der Waals surface area contributed by atoms with Gasteiger partial charge in [0.15, 0.2) is 0 Å². The molecule has 1 aromatic rings. The van der Waals surface area contributed by atoms with E-state index >= 15 is 0 Å². The van der Waals surface area contributed by atoms with E-state index in [1.54, 1.807) is 0 Å². The zero-order valence-electron chi connectivity index (χ0n) is 7.70. The molecule has 0 aromatic carbocycles. The van der Waals surface area contributed by atoms with Crippen LogP contribution in [0.25, 0.3) is 5.57 Å². The van der Waals surface area contributed by atoms with Gasteiger partial charge in [-0.2, -0.15) is 0 Å². The van der Waals surface area contributed by atoms with Gasteiger partial charge in [0.1, 0.15) is 5.15 Å². The second kappa shape index (κ2) is 3.07. The molecule has 3 heteroatoms. The first-order chi connectivity index (χ1) is 6.83. The number of aromatic nitrogens is 1. The molecule has 1 aromatic heterocycles. The van der Waals surface area contributed by atoms with Crippen LogP contribution in [0.15, 0.2) is 24.4 Å². The summed E-state index contributed by atoms with van der Waals surface area (Å²) in [4.78, 5) is 4.10. The number of allylic oxidation sites excluding steroid dienone is 1. The lowest BCUT2D eigenvalue weighted by Crippen LogP contribution is -2.49. The quantitative estimate of drug-likeness (QED) is 0.712. The summed E-state index contributed by atoms with van der Waals surface area (Å²) >= 11 is 5.75. The van der Waals surface area contributed by atoms with Crippen molar-refractivity contribution in [1.82, 2.24) is 10.3 Å². The smallest absolute Gasteiger partial charge is 0.129 e. The zero-order valence-corrected chi connectivity index (χ0v) is 8.46. The lowest BCUT2D eigenvalue weighted by atomic mass is 9.94. The lowest BCUT2D eigenvalue weighted by molar-refractivity contribution is 0.301. The molecule has 1 N–H and O–H groups in total. The molecule has 1 aliphatic carbocycles. The molecule has 72 valence electrons. The van der Waals surface area contributed by atoms with Gasteiger partial charge >= 0.3 is 0 Å². The average molecular weight is 207 g/mol. The maximum absolute atomic E-state index is 5.75. The Morgan fingerprint density at radius 2 is 2.36 bits per heavy atom. The number of fused-ring (bicyclic) bond motifs is 1. The molecule has 0 spiro atoms. The minimum absolute atomic E-state index is 0.563. The summed E-state index contributed by atoms with van der Waals surface area (Å²) in [5.74, 6) is 0.820. The van der Waals surface area contributed by atoms with Crippen molar-refractivity contribution in [2.24, 2.45) is 5.92 Å². The summed E-state index contributed by atoms with van der Waals surface area (Å²) in [6, 6.07) is 4.51. The third-order valence-corrected chi connectivity index (χ3v) is 3.31. The molecule has 2 aliphatic rings. The molecule has 2 nitrogen and oxygen atoms in total. The Hall–Kier alpha value is -0.860. The summed E-state index contributed by atoms with van der Waals surface area (Å²) in [6.45, 7) is 1.16. The Kier molecular flexibility index (Phi) is 1.85. The molecule has 0 radical (unpaired) electrons. The first kappa shape index (κ1) is 8.45. The van der Waals surface area contributed by atoms with Gasteiger partial charge in [0.05, 0.1) is 0 Å². The zero-order chi connectivity index (χ0) is 9.54. The molecule has 2 atom stereocenters. The van der Waals surface area contributed by atoms with Crippen molar-refractivity contribution in [3.05, 3.63) is 35.1 Å². The van der Waals surface area contributed by atoms with Crippen LogP contribution >= 0.6 is 11.6 Å². The van der Waals surface area contributed by atoms with Gasteiger partial charge in [-0.25, -0.2) is 4.98 Å². The summed E-state index contributed by atoms with van der Waals surface area (Å²) in [5.41, 5.74) is 2.62. The van der Waals surface area contributed by atoms with Crippen molar-refractivity contribution in [1.29, 1.82) is 0 Å². The van der Waals surface area contributed by atoms with Gasteiger partial charge < -0.3 is 5.32 Å². The second-order valence-electron chi connectivity index (χ2n) is 3.96. The minimum atomic E-state index is 0.563. The Labute approximate surface area is 88.0 Å². The van der Waals surface area contributed by atoms with Crippen molar-refractivity contribution in [3.8, 4) is 0 Å². The van der Waals surface area contributed by atoms with Crippen molar-refractivity contribution < 1.29 is 0 Å². The molecule has 0 unspecified atom stereocenters. The summed E-state index contributed by atoms with van der Waals surface area (Å²) in [7, 11) is 0. The van der Waals surface area contributed by atoms with E-state index in [1.165, 1.54) is 17.6 Å². The van der Waals surface area contributed by atoms with Gasteiger partial charge in [-0.3, -0.25) is 0 Å². The van der Waals surface area contributed by atoms with Crippen molar-refractivity contribution in [3.63, 3.8) is 0 Å². The van der Waals surface area contributed by atoms with Crippen LogP contribution in [0.5, 0.6) is 0 Å². The molecule has 0 amide bonds. The standard InChI is InChI=1S/C11H11ClN2/c12-11-2-1-7(5-14-11)8-3-9-6-13-10(9)4-8/h1-2,4-5,9-10,13H,3,6H2/t9-,10-/m1/s1. The van der Waals surface area contributed by atoms with Crippen LogP contribution in [0.2, 0.25) is 5.15 Å². The SMILES string of the molecule is Clc1ccc(C2=C[C@H]3NC[C@H]3C2)cn1. The Morgan fingerprint density at radius 3 is 2.86 bits per heavy atom. The molecule has 2 heterocycles. The third-order valence-electron chi connectivity index (χ3n) is 3.08. The summed E-state index contributed by atoms with van der Waals surface area (Å²) in [5, 5.41) is 3.96. The highest BCUT2D eigenvalue weighted by molar-refractivity contribution is 6.29. The number of hydrogen-bond acceptors (Lipinski definition) is 2. The van der Waals surface area contributed by atoms with Gasteiger partial charge in [0.2, 0.25) is 0 Å². The molecule has 0 bridgehead atoms. The molecular weight excluding hydrogens is 196 g/mol. The molecule has 1 fully saturated rings. The van der Waals surface area contributed by atoms with Crippen molar-refractivity contribution >= 4 is 17.2 Å². The van der Waals surface area contributed by atoms with E-state index < -0.39 is 0 Å². The first-order valence-electron chi connectivity index (χ1n) is 4.89.